The smallest absolute Gasteiger partial charge is 0.239 e. The van der Waals surface area contributed by atoms with Crippen molar-refractivity contribution in [3.63, 3.8) is 0 Å². The summed E-state index contributed by atoms with van der Waals surface area (Å²) < 4.78 is 18.4. The van der Waals surface area contributed by atoms with E-state index in [2.05, 4.69) is 10.6 Å². The molecule has 0 heterocycles. The van der Waals surface area contributed by atoms with Crippen molar-refractivity contribution in [2.75, 3.05) is 19.0 Å². The number of carbonyl (C=O) groups excluding carboxylic acids is 1. The van der Waals surface area contributed by atoms with Gasteiger partial charge in [-0.25, -0.2) is 4.39 Å². The zero-order valence-corrected chi connectivity index (χ0v) is 13.5. The lowest BCUT2D eigenvalue weighted by molar-refractivity contribution is -0.120. The van der Waals surface area contributed by atoms with Crippen LogP contribution in [0.2, 0.25) is 0 Å². The summed E-state index contributed by atoms with van der Waals surface area (Å²) in [5.74, 6) is 0.303. The third kappa shape index (κ3) is 4.45. The van der Waals surface area contributed by atoms with Crippen molar-refractivity contribution in [3.8, 4) is 5.75 Å². The molecule has 0 aliphatic heterocycles. The van der Waals surface area contributed by atoms with E-state index >= 15 is 0 Å². The molecule has 0 spiro atoms. The fraction of sp³-hybridized carbons (Fsp3) is 0.278. The molecule has 0 radical (unpaired) electrons. The van der Waals surface area contributed by atoms with Crippen LogP contribution in [0.4, 0.5) is 10.1 Å². The molecule has 0 aliphatic carbocycles. The molecular weight excluding hydrogens is 295 g/mol. The second kappa shape index (κ2) is 7.63. The van der Waals surface area contributed by atoms with E-state index in [9.17, 15) is 9.18 Å². The van der Waals surface area contributed by atoms with Crippen molar-refractivity contribution in [1.82, 2.24) is 5.32 Å². The van der Waals surface area contributed by atoms with Crippen LogP contribution in [0.3, 0.4) is 0 Å². The molecule has 122 valence electrons. The second-order valence-electron chi connectivity index (χ2n) is 5.34. The first kappa shape index (κ1) is 16.8. The molecule has 0 fully saturated rings. The Labute approximate surface area is 135 Å². The quantitative estimate of drug-likeness (QED) is 0.858. The molecule has 0 saturated heterocycles. The highest BCUT2D eigenvalue weighted by molar-refractivity contribution is 5.81. The van der Waals surface area contributed by atoms with Crippen molar-refractivity contribution in [2.45, 2.75) is 19.9 Å². The molecule has 23 heavy (non-hydrogen) atoms. The van der Waals surface area contributed by atoms with Gasteiger partial charge in [-0.3, -0.25) is 4.79 Å². The van der Waals surface area contributed by atoms with Gasteiger partial charge in [-0.1, -0.05) is 18.2 Å². The summed E-state index contributed by atoms with van der Waals surface area (Å²) >= 11 is 0. The Morgan fingerprint density at radius 2 is 2.00 bits per heavy atom. The van der Waals surface area contributed by atoms with Crippen LogP contribution in [0.5, 0.6) is 5.75 Å². The van der Waals surface area contributed by atoms with Crippen LogP contribution in [0.1, 0.15) is 24.1 Å². The predicted octanol–water partition coefficient (Wildman–Crippen LogP) is 3.43. The Morgan fingerprint density at radius 1 is 1.26 bits per heavy atom. The summed E-state index contributed by atoms with van der Waals surface area (Å²) in [4.78, 5) is 12.1. The van der Waals surface area contributed by atoms with Crippen molar-refractivity contribution in [2.24, 2.45) is 0 Å². The number of anilines is 1. The zero-order chi connectivity index (χ0) is 16.8. The monoisotopic (exact) mass is 316 g/mol. The van der Waals surface area contributed by atoms with Gasteiger partial charge in [0.05, 0.1) is 19.7 Å². The topological polar surface area (TPSA) is 50.4 Å². The van der Waals surface area contributed by atoms with E-state index in [-0.39, 0.29) is 24.3 Å². The summed E-state index contributed by atoms with van der Waals surface area (Å²) in [5, 5.41) is 5.93. The highest BCUT2D eigenvalue weighted by atomic mass is 19.1. The van der Waals surface area contributed by atoms with Crippen LogP contribution < -0.4 is 15.4 Å². The number of benzene rings is 2. The molecule has 0 aliphatic rings. The molecule has 0 saturated carbocycles. The number of rotatable bonds is 6. The molecule has 1 amide bonds. The van der Waals surface area contributed by atoms with Crippen LogP contribution in [0, 0.1) is 12.7 Å². The van der Waals surface area contributed by atoms with Gasteiger partial charge in [-0.15, -0.1) is 0 Å². The third-order valence-electron chi connectivity index (χ3n) is 3.61. The Hall–Kier alpha value is -2.56. The molecule has 1 unspecified atom stereocenters. The van der Waals surface area contributed by atoms with E-state index in [1.165, 1.54) is 12.1 Å². The van der Waals surface area contributed by atoms with Crippen molar-refractivity contribution < 1.29 is 13.9 Å². The number of nitrogens with one attached hydrogen (secondary N) is 2. The molecule has 0 aromatic heterocycles. The predicted molar refractivity (Wildman–Crippen MR) is 89.2 cm³/mol. The highest BCUT2D eigenvalue weighted by Crippen LogP contribution is 2.24. The summed E-state index contributed by atoms with van der Waals surface area (Å²) in [6.07, 6.45) is 0. The molecule has 1 atom stereocenters. The molecule has 2 aromatic rings. The molecule has 2 rings (SSSR count). The van der Waals surface area contributed by atoms with Gasteiger partial charge in [-0.2, -0.15) is 0 Å². The molecule has 0 bridgehead atoms. The zero-order valence-electron chi connectivity index (χ0n) is 13.5. The maximum atomic E-state index is 13.1. The van der Waals surface area contributed by atoms with Gasteiger partial charge < -0.3 is 15.4 Å². The number of para-hydroxylation sites is 1. The normalized spacial score (nSPS) is 11.7. The average Bonchev–Trinajstić information content (AvgIpc) is 2.54. The first-order chi connectivity index (χ1) is 11.0. The van der Waals surface area contributed by atoms with E-state index in [0.717, 1.165) is 22.6 Å². The van der Waals surface area contributed by atoms with E-state index in [0.29, 0.717) is 0 Å². The summed E-state index contributed by atoms with van der Waals surface area (Å²) in [6.45, 7) is 3.81. The van der Waals surface area contributed by atoms with Gasteiger partial charge >= 0.3 is 0 Å². The minimum atomic E-state index is -0.290. The van der Waals surface area contributed by atoms with Crippen LogP contribution in [-0.2, 0) is 4.79 Å². The Morgan fingerprint density at radius 3 is 2.70 bits per heavy atom. The fourth-order valence-electron chi connectivity index (χ4n) is 2.40. The number of hydrogen-bond acceptors (Lipinski definition) is 3. The van der Waals surface area contributed by atoms with Gasteiger partial charge in [-0.05, 0) is 43.7 Å². The van der Waals surface area contributed by atoms with Gasteiger partial charge in [0.25, 0.3) is 0 Å². The van der Waals surface area contributed by atoms with Crippen LogP contribution in [-0.4, -0.2) is 19.6 Å². The van der Waals surface area contributed by atoms with Gasteiger partial charge in [0.2, 0.25) is 5.91 Å². The molecule has 2 N–H and O–H groups in total. The van der Waals surface area contributed by atoms with E-state index < -0.39 is 0 Å². The maximum Gasteiger partial charge on any atom is 0.239 e. The fourth-order valence-corrected chi connectivity index (χ4v) is 2.40. The number of hydrogen-bond donors (Lipinski definition) is 2. The Bertz CT molecular complexity index is 688. The summed E-state index contributed by atoms with van der Waals surface area (Å²) in [6, 6.07) is 11.8. The number of methoxy groups -OCH3 is 1. The van der Waals surface area contributed by atoms with Crippen molar-refractivity contribution >= 4 is 11.6 Å². The second-order valence-corrected chi connectivity index (χ2v) is 5.34. The highest BCUT2D eigenvalue weighted by Gasteiger charge is 2.13. The van der Waals surface area contributed by atoms with Gasteiger partial charge in [0, 0.05) is 11.3 Å². The standard InChI is InChI=1S/C18H21FN2O2/c1-12-10-14(19)8-9-16(12)20-11-18(22)21-13(2)15-6-4-5-7-17(15)23-3/h4-10,13,20H,11H2,1-3H3,(H,21,22). The lowest BCUT2D eigenvalue weighted by Gasteiger charge is -2.18. The summed E-state index contributed by atoms with van der Waals surface area (Å²) in [7, 11) is 1.60. The van der Waals surface area contributed by atoms with Crippen LogP contribution >= 0.6 is 0 Å². The molecule has 5 heteroatoms. The molecule has 4 nitrogen and oxygen atoms in total. The van der Waals surface area contributed by atoms with E-state index in [1.54, 1.807) is 20.1 Å². The number of ether oxygens (including phenoxy) is 1. The lowest BCUT2D eigenvalue weighted by Crippen LogP contribution is -2.32. The Kier molecular flexibility index (Phi) is 5.57. The first-order valence-electron chi connectivity index (χ1n) is 7.43. The van der Waals surface area contributed by atoms with Crippen molar-refractivity contribution in [1.29, 1.82) is 0 Å². The first-order valence-corrected chi connectivity index (χ1v) is 7.43. The SMILES string of the molecule is COc1ccccc1C(C)NC(=O)CNc1ccc(F)cc1C. The Balaban J connectivity index is 1.94. The molecular formula is C18H21FN2O2. The number of carbonyl (C=O) groups is 1. The number of halogens is 1. The van der Waals surface area contributed by atoms with Gasteiger partial charge in [0.15, 0.2) is 0 Å². The minimum Gasteiger partial charge on any atom is -0.496 e. The lowest BCUT2D eigenvalue weighted by atomic mass is 10.1. The third-order valence-corrected chi connectivity index (χ3v) is 3.61. The summed E-state index contributed by atoms with van der Waals surface area (Å²) in [5.41, 5.74) is 2.42. The number of aryl methyl sites for hydroxylation is 1. The molecule has 2 aromatic carbocycles. The average molecular weight is 316 g/mol. The number of amides is 1. The van der Waals surface area contributed by atoms with Crippen LogP contribution in [0.15, 0.2) is 42.5 Å². The largest absolute Gasteiger partial charge is 0.496 e. The van der Waals surface area contributed by atoms with E-state index in [1.807, 2.05) is 31.2 Å². The van der Waals surface area contributed by atoms with Crippen LogP contribution in [0.25, 0.3) is 0 Å². The van der Waals surface area contributed by atoms with E-state index in [4.69, 9.17) is 4.74 Å². The van der Waals surface area contributed by atoms with Gasteiger partial charge in [0.1, 0.15) is 11.6 Å². The minimum absolute atomic E-state index is 0.117. The van der Waals surface area contributed by atoms with Crippen molar-refractivity contribution in [3.05, 3.63) is 59.4 Å². The maximum absolute atomic E-state index is 13.1.